The van der Waals surface area contributed by atoms with Crippen LogP contribution >= 0.6 is 11.5 Å². The molecule has 1 aromatic carbocycles. The number of carboxylic acid groups (broad SMARTS) is 2. The third kappa shape index (κ3) is 13.7. The van der Waals surface area contributed by atoms with Crippen molar-refractivity contribution in [1.82, 2.24) is 14.9 Å². The molecule has 0 bridgehead atoms. The van der Waals surface area contributed by atoms with E-state index in [0.717, 1.165) is 16.8 Å². The molecule has 0 aliphatic carbocycles. The molecule has 1 aromatic heterocycles. The smallest absolute Gasteiger partial charge is 0.303 e. The van der Waals surface area contributed by atoms with Crippen LogP contribution in [0.2, 0.25) is 0 Å². The fourth-order valence-corrected chi connectivity index (χ4v) is 2.95. The molecule has 5 N–H and O–H groups in total. The van der Waals surface area contributed by atoms with Crippen molar-refractivity contribution in [3.63, 3.8) is 0 Å². The number of rotatable bonds is 11. The number of nitrogens with zero attached hydrogens (tertiary/aromatic N) is 2. The molecule has 1 atom stereocenters. The van der Waals surface area contributed by atoms with Crippen LogP contribution in [0.5, 0.6) is 0 Å². The Kier molecular flexibility index (Phi) is 15.9. The Labute approximate surface area is 201 Å². The molecule has 0 spiro atoms. The van der Waals surface area contributed by atoms with Gasteiger partial charge in [-0.1, -0.05) is 42.6 Å². The van der Waals surface area contributed by atoms with Gasteiger partial charge in [0.15, 0.2) is 5.78 Å². The van der Waals surface area contributed by atoms with Crippen molar-refractivity contribution in [3.8, 4) is 11.3 Å². The zero-order valence-electron chi connectivity index (χ0n) is 19.1. The Morgan fingerprint density at radius 1 is 1.12 bits per heavy atom. The van der Waals surface area contributed by atoms with Gasteiger partial charge in [0.05, 0.1) is 6.04 Å². The van der Waals surface area contributed by atoms with Crippen molar-refractivity contribution < 1.29 is 34.2 Å². The number of Topliss-reactive ketones (excluding diaryl/α,β-unsaturated/α-hetero) is 1. The Morgan fingerprint density at radius 3 is 2.15 bits per heavy atom. The number of primary amides is 1. The van der Waals surface area contributed by atoms with E-state index in [1.807, 2.05) is 36.6 Å². The second-order valence-corrected chi connectivity index (χ2v) is 7.41. The number of carbonyl (C=O) groups is 5. The average molecular weight is 495 g/mol. The van der Waals surface area contributed by atoms with Gasteiger partial charge in [-0.05, 0) is 29.9 Å². The number of ketones is 1. The van der Waals surface area contributed by atoms with Gasteiger partial charge in [0.25, 0.3) is 6.47 Å². The maximum atomic E-state index is 12.1. The molecule has 186 valence electrons. The van der Waals surface area contributed by atoms with E-state index in [4.69, 9.17) is 20.7 Å². The van der Waals surface area contributed by atoms with E-state index in [-0.39, 0.29) is 43.8 Å². The quantitative estimate of drug-likeness (QED) is 0.339. The fraction of sp³-hybridized carbons (Fsp3) is 0.409. The van der Waals surface area contributed by atoms with Crippen molar-refractivity contribution in [3.05, 3.63) is 35.2 Å². The Bertz CT molecular complexity index is 902. The minimum absolute atomic E-state index is 0.00601. The summed E-state index contributed by atoms with van der Waals surface area (Å²) in [7, 11) is 0. The van der Waals surface area contributed by atoms with E-state index in [2.05, 4.69) is 14.9 Å². The SMILES string of the molecule is CCC(=O)O.CC[C@H](NC(=O)CCc1ccc(-c2csnn2)cc1)C(=O)CCC(N)=O.O=CO. The molecule has 12 heteroatoms. The highest BCUT2D eigenvalue weighted by Gasteiger charge is 2.19. The second kappa shape index (κ2) is 17.8. The molecular weight excluding hydrogens is 464 g/mol. The van der Waals surface area contributed by atoms with Gasteiger partial charge in [-0.15, -0.1) is 5.10 Å². The number of hydrogen-bond donors (Lipinski definition) is 4. The first-order chi connectivity index (χ1) is 16.2. The maximum absolute atomic E-state index is 12.1. The lowest BCUT2D eigenvalue weighted by atomic mass is 10.0. The topological polar surface area (TPSA) is 190 Å². The van der Waals surface area contributed by atoms with Gasteiger partial charge in [0, 0.05) is 36.6 Å². The molecular formula is C22H30N4O7S. The maximum Gasteiger partial charge on any atom is 0.303 e. The molecule has 11 nitrogen and oxygen atoms in total. The molecule has 2 amide bonds. The molecule has 0 saturated carbocycles. The number of aliphatic carboxylic acids is 1. The average Bonchev–Trinajstić information content (AvgIpc) is 3.36. The van der Waals surface area contributed by atoms with Gasteiger partial charge in [-0.2, -0.15) is 0 Å². The van der Waals surface area contributed by atoms with Gasteiger partial charge >= 0.3 is 5.97 Å². The van der Waals surface area contributed by atoms with Gasteiger partial charge < -0.3 is 21.3 Å². The van der Waals surface area contributed by atoms with Gasteiger partial charge in [-0.3, -0.25) is 24.0 Å². The summed E-state index contributed by atoms with van der Waals surface area (Å²) in [5, 5.41) is 23.2. The highest BCUT2D eigenvalue weighted by atomic mass is 32.1. The summed E-state index contributed by atoms with van der Waals surface area (Å²) in [4.78, 5) is 52.6. The van der Waals surface area contributed by atoms with E-state index in [1.165, 1.54) is 11.5 Å². The van der Waals surface area contributed by atoms with Crippen LogP contribution in [0.25, 0.3) is 11.3 Å². The van der Waals surface area contributed by atoms with Crippen LogP contribution in [0.3, 0.4) is 0 Å². The molecule has 0 aliphatic rings. The Morgan fingerprint density at radius 2 is 1.71 bits per heavy atom. The Hall–Kier alpha value is -3.67. The van der Waals surface area contributed by atoms with Crippen LogP contribution in [0, 0.1) is 0 Å². The molecule has 2 rings (SSSR count). The molecule has 0 aliphatic heterocycles. The molecule has 2 aromatic rings. The summed E-state index contributed by atoms with van der Waals surface area (Å²) >= 11 is 1.30. The third-order valence-electron chi connectivity index (χ3n) is 4.30. The predicted molar refractivity (Wildman–Crippen MR) is 126 cm³/mol. The number of carbonyl (C=O) groups excluding carboxylic acids is 3. The van der Waals surface area contributed by atoms with Gasteiger partial charge in [-0.25, -0.2) is 0 Å². The minimum Gasteiger partial charge on any atom is -0.483 e. The predicted octanol–water partition coefficient (Wildman–Crippen LogP) is 2.05. The molecule has 0 radical (unpaired) electrons. The van der Waals surface area contributed by atoms with E-state index in [0.29, 0.717) is 12.8 Å². The van der Waals surface area contributed by atoms with Crippen molar-refractivity contribution >= 4 is 41.6 Å². The van der Waals surface area contributed by atoms with E-state index >= 15 is 0 Å². The van der Waals surface area contributed by atoms with Crippen LogP contribution in [0.15, 0.2) is 29.6 Å². The van der Waals surface area contributed by atoms with Crippen molar-refractivity contribution in [1.29, 1.82) is 0 Å². The summed E-state index contributed by atoms with van der Waals surface area (Å²) in [5.41, 5.74) is 7.90. The zero-order chi connectivity index (χ0) is 25.9. The van der Waals surface area contributed by atoms with E-state index < -0.39 is 17.9 Å². The van der Waals surface area contributed by atoms with Crippen LogP contribution in [-0.4, -0.2) is 55.9 Å². The zero-order valence-corrected chi connectivity index (χ0v) is 19.9. The number of nitrogens with one attached hydrogen (secondary N) is 1. The number of aromatic nitrogens is 2. The normalized spacial score (nSPS) is 10.4. The van der Waals surface area contributed by atoms with Crippen LogP contribution in [0.4, 0.5) is 0 Å². The van der Waals surface area contributed by atoms with E-state index in [9.17, 15) is 19.2 Å². The van der Waals surface area contributed by atoms with Gasteiger partial charge in [0.2, 0.25) is 11.8 Å². The number of amides is 2. The molecule has 1 heterocycles. The second-order valence-electron chi connectivity index (χ2n) is 6.80. The summed E-state index contributed by atoms with van der Waals surface area (Å²) in [5.74, 6) is -1.61. The summed E-state index contributed by atoms with van der Waals surface area (Å²) < 4.78 is 3.84. The third-order valence-corrected chi connectivity index (χ3v) is 4.81. The highest BCUT2D eigenvalue weighted by Crippen LogP contribution is 2.18. The highest BCUT2D eigenvalue weighted by molar-refractivity contribution is 7.03. The van der Waals surface area contributed by atoms with Crippen LogP contribution in [-0.2, 0) is 30.4 Å². The van der Waals surface area contributed by atoms with Gasteiger partial charge in [0.1, 0.15) is 5.69 Å². The van der Waals surface area contributed by atoms with Crippen molar-refractivity contribution in [2.75, 3.05) is 0 Å². The molecule has 0 unspecified atom stereocenters. The standard InChI is InChI=1S/C18H22N4O3S.C3H6O2.CH2O2/c1-2-14(16(23)8-9-17(19)24)20-18(25)10-5-12-3-6-13(7-4-12)15-11-26-22-21-15;1-2-3(4)5;2-1-3/h3-4,6-7,11,14H,2,5,8-10H2,1H3,(H2,19,24)(H,20,25);2H2,1H3,(H,4,5);1H,(H,2,3)/t14-;;/m0../s1. The monoisotopic (exact) mass is 494 g/mol. The van der Waals surface area contributed by atoms with E-state index in [1.54, 1.807) is 6.92 Å². The number of nitrogens with two attached hydrogens (primary N) is 1. The number of aryl methyl sites for hydroxylation is 1. The number of hydrogen-bond acceptors (Lipinski definition) is 8. The minimum atomic E-state index is -0.745. The first kappa shape index (κ1) is 30.3. The first-order valence-electron chi connectivity index (χ1n) is 10.4. The lowest BCUT2D eigenvalue weighted by molar-refractivity contribution is -0.136. The first-order valence-corrected chi connectivity index (χ1v) is 11.3. The van der Waals surface area contributed by atoms with Crippen molar-refractivity contribution in [2.24, 2.45) is 5.73 Å². The summed E-state index contributed by atoms with van der Waals surface area (Å²) in [6.45, 7) is 3.17. The largest absolute Gasteiger partial charge is 0.483 e. The number of carboxylic acids is 1. The molecule has 0 fully saturated rings. The summed E-state index contributed by atoms with van der Waals surface area (Å²) in [6, 6.07) is 7.24. The lowest BCUT2D eigenvalue weighted by Crippen LogP contribution is -2.40. The molecule has 0 saturated heterocycles. The van der Waals surface area contributed by atoms with Crippen molar-refractivity contribution in [2.45, 2.75) is 58.4 Å². The number of benzene rings is 1. The fourth-order valence-electron chi connectivity index (χ4n) is 2.49. The Balaban J connectivity index is 0.00000118. The molecule has 34 heavy (non-hydrogen) atoms. The summed E-state index contributed by atoms with van der Waals surface area (Å²) in [6.07, 6.45) is 1.64. The lowest BCUT2D eigenvalue weighted by Gasteiger charge is -2.15. The van der Waals surface area contributed by atoms with Crippen LogP contribution < -0.4 is 11.1 Å². The van der Waals surface area contributed by atoms with Crippen LogP contribution in [0.1, 0.15) is 51.5 Å².